The molecule has 11 heteroatoms. The van der Waals surface area contributed by atoms with Gasteiger partial charge in [0, 0.05) is 0 Å². The molecule has 0 fully saturated rings. The summed E-state index contributed by atoms with van der Waals surface area (Å²) in [7, 11) is 0. The minimum Gasteiger partial charge on any atom is -0.478 e. The lowest BCUT2D eigenvalue weighted by molar-refractivity contribution is 0.0698. The largest absolute Gasteiger partial charge is 0.478 e. The van der Waals surface area contributed by atoms with Crippen LogP contribution in [0.15, 0.2) is 6.07 Å². The molecule has 0 unspecified atom stereocenters. The van der Waals surface area contributed by atoms with Crippen molar-refractivity contribution in [2.75, 3.05) is 5.32 Å². The molecule has 0 amide bonds. The summed E-state index contributed by atoms with van der Waals surface area (Å²) >= 11 is 47.8. The first-order chi connectivity index (χ1) is 11.1. The Morgan fingerprint density at radius 1 is 0.750 bits per heavy atom. The van der Waals surface area contributed by atoms with Crippen molar-refractivity contribution < 1.29 is 9.90 Å². The molecular weight excluding hydrogens is 486 g/mol. The minimum absolute atomic E-state index is 0.000618. The summed E-state index contributed by atoms with van der Waals surface area (Å²) in [6.07, 6.45) is 0. The lowest BCUT2D eigenvalue weighted by atomic mass is 10.1. The van der Waals surface area contributed by atoms with Crippen LogP contribution in [0.1, 0.15) is 10.4 Å². The zero-order chi connectivity index (χ0) is 18.3. The number of hydrogen-bond acceptors (Lipinski definition) is 2. The normalized spacial score (nSPS) is 10.8. The molecule has 0 radical (unpaired) electrons. The van der Waals surface area contributed by atoms with Gasteiger partial charge in [-0.2, -0.15) is 0 Å². The third-order valence-electron chi connectivity index (χ3n) is 2.84. The van der Waals surface area contributed by atoms with Crippen LogP contribution in [0, 0.1) is 0 Å². The van der Waals surface area contributed by atoms with Crippen molar-refractivity contribution in [1.29, 1.82) is 0 Å². The van der Waals surface area contributed by atoms with Gasteiger partial charge in [0.2, 0.25) is 0 Å². The van der Waals surface area contributed by atoms with Gasteiger partial charge >= 0.3 is 5.97 Å². The van der Waals surface area contributed by atoms with Gasteiger partial charge in [-0.15, -0.1) is 0 Å². The highest BCUT2D eigenvalue weighted by Crippen LogP contribution is 2.47. The molecule has 0 bridgehead atoms. The third kappa shape index (κ3) is 3.60. The smallest absolute Gasteiger partial charge is 0.339 e. The van der Waals surface area contributed by atoms with Gasteiger partial charge in [0.25, 0.3) is 0 Å². The molecule has 0 saturated carbocycles. The van der Waals surface area contributed by atoms with Gasteiger partial charge in [-0.1, -0.05) is 92.8 Å². The van der Waals surface area contributed by atoms with Gasteiger partial charge in [0.1, 0.15) is 5.56 Å². The van der Waals surface area contributed by atoms with Crippen LogP contribution in [0.5, 0.6) is 0 Å². The Morgan fingerprint density at radius 2 is 1.25 bits per heavy atom. The second-order valence-corrected chi connectivity index (χ2v) is 7.34. The van der Waals surface area contributed by atoms with E-state index in [2.05, 4.69) is 5.32 Å². The number of anilines is 2. The van der Waals surface area contributed by atoms with Crippen molar-refractivity contribution in [1.82, 2.24) is 0 Å². The van der Waals surface area contributed by atoms with Crippen molar-refractivity contribution in [3.63, 3.8) is 0 Å². The number of nitrogens with one attached hydrogen (secondary N) is 1. The van der Waals surface area contributed by atoms with Crippen LogP contribution in [0.4, 0.5) is 11.4 Å². The Morgan fingerprint density at radius 3 is 1.79 bits per heavy atom. The van der Waals surface area contributed by atoms with E-state index in [1.165, 1.54) is 6.07 Å². The number of rotatable bonds is 3. The maximum absolute atomic E-state index is 11.5. The van der Waals surface area contributed by atoms with E-state index in [1.807, 2.05) is 0 Å². The molecule has 0 aliphatic carbocycles. The Hall–Kier alpha value is 0.0300. The number of hydrogen-bond donors (Lipinski definition) is 2. The molecular formula is C13H3Cl8NO2. The van der Waals surface area contributed by atoms with Gasteiger partial charge in [0.15, 0.2) is 0 Å². The van der Waals surface area contributed by atoms with Gasteiger partial charge in [-0.25, -0.2) is 4.79 Å². The maximum atomic E-state index is 11.5. The lowest BCUT2D eigenvalue weighted by Gasteiger charge is -2.17. The Bertz CT molecular complexity index is 868. The number of carboxylic acid groups (broad SMARTS) is 1. The van der Waals surface area contributed by atoms with Crippen molar-refractivity contribution in [2.24, 2.45) is 0 Å². The number of carboxylic acids is 1. The average Bonchev–Trinajstić information content (AvgIpc) is 2.53. The molecule has 0 spiro atoms. The molecule has 24 heavy (non-hydrogen) atoms. The number of carbonyl (C=O) groups is 1. The average molecular weight is 489 g/mol. The predicted molar refractivity (Wildman–Crippen MR) is 103 cm³/mol. The molecule has 0 aromatic heterocycles. The fourth-order valence-electron chi connectivity index (χ4n) is 1.75. The maximum Gasteiger partial charge on any atom is 0.339 e. The molecule has 0 aliphatic rings. The molecule has 0 saturated heterocycles. The van der Waals surface area contributed by atoms with Crippen LogP contribution >= 0.6 is 92.8 Å². The summed E-state index contributed by atoms with van der Waals surface area (Å²) in [5.74, 6) is -1.38. The molecule has 128 valence electrons. The highest BCUT2D eigenvalue weighted by molar-refractivity contribution is 6.55. The third-order valence-corrected chi connectivity index (χ3v) is 6.40. The van der Waals surface area contributed by atoms with Gasteiger partial charge in [-0.3, -0.25) is 0 Å². The SMILES string of the molecule is O=C(O)c1c(Cl)c(Cl)c(Cl)c(Cl)c1Nc1cc(Cl)c(Cl)c(Cl)c1Cl. The molecule has 0 heterocycles. The van der Waals surface area contributed by atoms with E-state index in [1.54, 1.807) is 0 Å². The molecule has 2 N–H and O–H groups in total. The minimum atomic E-state index is -1.38. The summed E-state index contributed by atoms with van der Waals surface area (Å²) in [5, 5.41) is 11.5. The highest BCUT2D eigenvalue weighted by Gasteiger charge is 2.26. The van der Waals surface area contributed by atoms with Crippen molar-refractivity contribution in [3.8, 4) is 0 Å². The molecule has 2 rings (SSSR count). The molecule has 0 aliphatic heterocycles. The lowest BCUT2D eigenvalue weighted by Crippen LogP contribution is -2.06. The van der Waals surface area contributed by atoms with E-state index < -0.39 is 11.5 Å². The van der Waals surface area contributed by atoms with Gasteiger partial charge in [-0.05, 0) is 6.07 Å². The standard InChI is InChI=1S/C13H3Cl8NO2/c14-2-1-3(6(16)8(18)5(2)15)22-12-4(13(23)24)7(17)9(19)10(20)11(12)21/h1,22H,(H,23,24). The van der Waals surface area contributed by atoms with Crippen LogP contribution in [0.25, 0.3) is 0 Å². The van der Waals surface area contributed by atoms with E-state index in [-0.39, 0.29) is 51.6 Å². The quantitative estimate of drug-likeness (QED) is 0.337. The monoisotopic (exact) mass is 485 g/mol. The summed E-state index contributed by atoms with van der Waals surface area (Å²) in [5.41, 5.74) is -0.371. The van der Waals surface area contributed by atoms with Crippen LogP contribution in [-0.2, 0) is 0 Å². The van der Waals surface area contributed by atoms with E-state index in [9.17, 15) is 9.90 Å². The second kappa shape index (κ2) is 7.73. The molecule has 0 atom stereocenters. The summed E-state index contributed by atoms with van der Waals surface area (Å²) < 4.78 is 0. The van der Waals surface area contributed by atoms with Crippen molar-refractivity contribution in [2.45, 2.75) is 0 Å². The number of halogens is 8. The van der Waals surface area contributed by atoms with Crippen LogP contribution < -0.4 is 5.32 Å². The predicted octanol–water partition coefficient (Wildman–Crippen LogP) is 8.36. The highest BCUT2D eigenvalue weighted by atomic mass is 35.5. The zero-order valence-electron chi connectivity index (χ0n) is 11.0. The van der Waals surface area contributed by atoms with Crippen molar-refractivity contribution in [3.05, 3.63) is 51.8 Å². The zero-order valence-corrected chi connectivity index (χ0v) is 17.0. The van der Waals surface area contributed by atoms with Crippen LogP contribution in [0.3, 0.4) is 0 Å². The van der Waals surface area contributed by atoms with Crippen LogP contribution in [-0.4, -0.2) is 11.1 Å². The molecule has 2 aromatic carbocycles. The Balaban J connectivity index is 2.74. The fourth-order valence-corrected chi connectivity index (χ4v) is 3.58. The van der Waals surface area contributed by atoms with E-state index in [0.717, 1.165) is 0 Å². The number of aromatic carboxylic acids is 1. The van der Waals surface area contributed by atoms with E-state index in [4.69, 9.17) is 92.8 Å². The first kappa shape index (κ1) is 20.3. The Kier molecular flexibility index (Phi) is 6.55. The van der Waals surface area contributed by atoms with Gasteiger partial charge in [0.05, 0.1) is 51.6 Å². The van der Waals surface area contributed by atoms with E-state index >= 15 is 0 Å². The first-order valence-electron chi connectivity index (χ1n) is 5.77. The topological polar surface area (TPSA) is 49.3 Å². The summed E-state index contributed by atoms with van der Waals surface area (Å²) in [6, 6.07) is 1.34. The summed E-state index contributed by atoms with van der Waals surface area (Å²) in [4.78, 5) is 11.5. The van der Waals surface area contributed by atoms with Crippen molar-refractivity contribution >= 4 is 110 Å². The second-order valence-electron chi connectivity index (χ2n) is 4.28. The summed E-state index contributed by atoms with van der Waals surface area (Å²) in [6.45, 7) is 0. The first-order valence-corrected chi connectivity index (χ1v) is 8.79. The Labute approximate surface area is 176 Å². The van der Waals surface area contributed by atoms with Gasteiger partial charge < -0.3 is 10.4 Å². The molecule has 2 aromatic rings. The van der Waals surface area contributed by atoms with Crippen LogP contribution in [0.2, 0.25) is 40.2 Å². The fraction of sp³-hybridized carbons (Fsp3) is 0. The van der Waals surface area contributed by atoms with E-state index in [0.29, 0.717) is 0 Å². The number of benzene rings is 2. The molecule has 3 nitrogen and oxygen atoms in total.